The van der Waals surface area contributed by atoms with Gasteiger partial charge in [0.15, 0.2) is 5.82 Å². The number of hydrogen-bond donors (Lipinski definition) is 1. The van der Waals surface area contributed by atoms with E-state index in [4.69, 9.17) is 4.74 Å². The molecule has 0 radical (unpaired) electrons. The van der Waals surface area contributed by atoms with Gasteiger partial charge in [0.2, 0.25) is 10.0 Å². The molecular formula is C22H27N5O4S. The van der Waals surface area contributed by atoms with Crippen molar-refractivity contribution in [1.82, 2.24) is 19.1 Å². The molecule has 0 unspecified atom stereocenters. The molecule has 32 heavy (non-hydrogen) atoms. The molecule has 9 nitrogen and oxygen atoms in total. The average molecular weight is 458 g/mol. The first-order valence-electron chi connectivity index (χ1n) is 10.4. The van der Waals surface area contributed by atoms with Crippen LogP contribution in [0.2, 0.25) is 0 Å². The third kappa shape index (κ3) is 4.66. The molecule has 0 saturated heterocycles. The maximum atomic E-state index is 13.1. The molecule has 1 aromatic carbocycles. The SMILES string of the molecule is CCOc1ccc(NC(=O)c2cnn(-c3ccccn3)c2C)cc1S(=O)(=O)N(CC)CC. The van der Waals surface area contributed by atoms with Gasteiger partial charge in [0.1, 0.15) is 10.6 Å². The lowest BCUT2D eigenvalue weighted by molar-refractivity contribution is 0.102. The molecule has 0 spiro atoms. The van der Waals surface area contributed by atoms with Gasteiger partial charge < -0.3 is 10.1 Å². The van der Waals surface area contributed by atoms with Gasteiger partial charge in [-0.05, 0) is 44.2 Å². The first-order valence-corrected chi connectivity index (χ1v) is 11.8. The number of sulfonamides is 1. The molecule has 3 aromatic rings. The Morgan fingerprint density at radius 3 is 2.53 bits per heavy atom. The molecule has 2 heterocycles. The third-order valence-corrected chi connectivity index (χ3v) is 7.02. The fourth-order valence-corrected chi connectivity index (χ4v) is 4.92. The summed E-state index contributed by atoms with van der Waals surface area (Å²) in [4.78, 5) is 17.2. The number of nitrogens with zero attached hydrogens (tertiary/aromatic N) is 4. The zero-order valence-electron chi connectivity index (χ0n) is 18.6. The number of carbonyl (C=O) groups is 1. The molecule has 0 fully saturated rings. The highest BCUT2D eigenvalue weighted by Gasteiger charge is 2.26. The Bertz CT molecular complexity index is 1190. The standard InChI is InChI=1S/C22H27N5O4S/c1-5-26(6-2)32(29,30)20-14-17(11-12-19(20)31-7-3)25-22(28)18-15-24-27(16(18)4)21-10-8-9-13-23-21/h8-15H,5-7H2,1-4H3,(H,25,28). The summed E-state index contributed by atoms with van der Waals surface area (Å²) in [6.07, 6.45) is 3.11. The molecule has 0 aliphatic rings. The fourth-order valence-electron chi connectivity index (χ4n) is 3.31. The van der Waals surface area contributed by atoms with Crippen molar-refractivity contribution in [3.05, 3.63) is 60.0 Å². The molecule has 0 aliphatic carbocycles. The summed E-state index contributed by atoms with van der Waals surface area (Å²) in [6, 6.07) is 10.0. The molecule has 0 atom stereocenters. The van der Waals surface area contributed by atoms with E-state index >= 15 is 0 Å². The van der Waals surface area contributed by atoms with Crippen molar-refractivity contribution in [3.63, 3.8) is 0 Å². The number of nitrogens with one attached hydrogen (secondary N) is 1. The summed E-state index contributed by atoms with van der Waals surface area (Å²) >= 11 is 0. The van der Waals surface area contributed by atoms with E-state index in [0.717, 1.165) is 0 Å². The average Bonchev–Trinajstić information content (AvgIpc) is 3.17. The van der Waals surface area contributed by atoms with Crippen LogP contribution in [0.15, 0.2) is 53.7 Å². The molecule has 10 heteroatoms. The zero-order valence-corrected chi connectivity index (χ0v) is 19.4. The molecular weight excluding hydrogens is 430 g/mol. The number of amides is 1. The van der Waals surface area contributed by atoms with Crippen LogP contribution in [0.1, 0.15) is 36.8 Å². The summed E-state index contributed by atoms with van der Waals surface area (Å²) in [5, 5.41) is 7.03. The topological polar surface area (TPSA) is 106 Å². The molecule has 3 rings (SSSR count). The van der Waals surface area contributed by atoms with Crippen LogP contribution >= 0.6 is 0 Å². The number of aromatic nitrogens is 3. The van der Waals surface area contributed by atoms with E-state index in [0.29, 0.717) is 42.5 Å². The van der Waals surface area contributed by atoms with Crippen LogP contribution in [0.25, 0.3) is 5.82 Å². The lowest BCUT2D eigenvalue weighted by atomic mass is 10.2. The lowest BCUT2D eigenvalue weighted by Gasteiger charge is -2.21. The number of hydrogen-bond acceptors (Lipinski definition) is 6. The van der Waals surface area contributed by atoms with E-state index in [1.54, 1.807) is 62.8 Å². The number of carbonyl (C=O) groups excluding carboxylic acids is 1. The van der Waals surface area contributed by atoms with Gasteiger partial charge in [0.05, 0.1) is 24.1 Å². The summed E-state index contributed by atoms with van der Waals surface area (Å²) in [5.41, 5.74) is 1.31. The maximum Gasteiger partial charge on any atom is 0.259 e. The minimum atomic E-state index is -3.78. The van der Waals surface area contributed by atoms with Crippen molar-refractivity contribution in [3.8, 4) is 11.6 Å². The van der Waals surface area contributed by atoms with E-state index in [2.05, 4.69) is 15.4 Å². The zero-order chi connectivity index (χ0) is 23.3. The Balaban J connectivity index is 1.93. The summed E-state index contributed by atoms with van der Waals surface area (Å²) in [7, 11) is -3.78. The maximum absolute atomic E-state index is 13.1. The number of rotatable bonds is 9. The van der Waals surface area contributed by atoms with Gasteiger partial charge in [-0.2, -0.15) is 9.40 Å². The molecule has 0 bridgehead atoms. The van der Waals surface area contributed by atoms with Crippen LogP contribution in [0.5, 0.6) is 5.75 Å². The number of ether oxygens (including phenoxy) is 1. The molecule has 170 valence electrons. The fraction of sp³-hybridized carbons (Fsp3) is 0.318. The van der Waals surface area contributed by atoms with Crippen molar-refractivity contribution in [2.24, 2.45) is 0 Å². The van der Waals surface area contributed by atoms with E-state index in [1.807, 2.05) is 6.07 Å². The first-order chi connectivity index (χ1) is 15.3. The van der Waals surface area contributed by atoms with Crippen molar-refractivity contribution in [2.75, 3.05) is 25.0 Å². The molecule has 0 aliphatic heterocycles. The van der Waals surface area contributed by atoms with Gasteiger partial charge in [-0.1, -0.05) is 19.9 Å². The van der Waals surface area contributed by atoms with Gasteiger partial charge in [-0.25, -0.2) is 18.1 Å². The van der Waals surface area contributed by atoms with E-state index < -0.39 is 15.9 Å². The van der Waals surface area contributed by atoms with Crippen LogP contribution in [-0.2, 0) is 10.0 Å². The van der Waals surface area contributed by atoms with E-state index in [1.165, 1.54) is 16.6 Å². The Morgan fingerprint density at radius 1 is 1.16 bits per heavy atom. The third-order valence-electron chi connectivity index (χ3n) is 4.95. The Hall–Kier alpha value is -3.24. The first kappa shape index (κ1) is 23.4. The van der Waals surface area contributed by atoms with Gasteiger partial charge >= 0.3 is 0 Å². The highest BCUT2D eigenvalue weighted by molar-refractivity contribution is 7.89. The summed E-state index contributed by atoms with van der Waals surface area (Å²) < 4.78 is 34.7. The predicted octanol–water partition coefficient (Wildman–Crippen LogP) is 3.26. The second-order valence-corrected chi connectivity index (χ2v) is 8.79. The summed E-state index contributed by atoms with van der Waals surface area (Å²) in [6.45, 7) is 8.07. The van der Waals surface area contributed by atoms with Crippen molar-refractivity contribution in [1.29, 1.82) is 0 Å². The van der Waals surface area contributed by atoms with Crippen LogP contribution < -0.4 is 10.1 Å². The highest BCUT2D eigenvalue weighted by atomic mass is 32.2. The quantitative estimate of drug-likeness (QED) is 0.529. The van der Waals surface area contributed by atoms with Crippen LogP contribution in [0.3, 0.4) is 0 Å². The van der Waals surface area contributed by atoms with Crippen molar-refractivity contribution < 1.29 is 17.9 Å². The molecule has 0 saturated carbocycles. The van der Waals surface area contributed by atoms with Gasteiger partial charge in [-0.15, -0.1) is 0 Å². The van der Waals surface area contributed by atoms with Crippen molar-refractivity contribution >= 4 is 21.6 Å². The Labute approximate surface area is 188 Å². The second-order valence-electron chi connectivity index (χ2n) is 6.88. The lowest BCUT2D eigenvalue weighted by Crippen LogP contribution is -2.31. The minimum absolute atomic E-state index is 0.0155. The van der Waals surface area contributed by atoms with E-state index in [-0.39, 0.29) is 10.6 Å². The predicted molar refractivity (Wildman–Crippen MR) is 122 cm³/mol. The Morgan fingerprint density at radius 2 is 1.91 bits per heavy atom. The number of benzene rings is 1. The smallest absolute Gasteiger partial charge is 0.259 e. The van der Waals surface area contributed by atoms with Gasteiger partial charge in [0, 0.05) is 25.0 Å². The Kier molecular flexibility index (Phi) is 7.26. The van der Waals surface area contributed by atoms with Crippen molar-refractivity contribution in [2.45, 2.75) is 32.6 Å². The number of anilines is 1. The normalized spacial score (nSPS) is 11.5. The van der Waals surface area contributed by atoms with Gasteiger partial charge in [-0.3, -0.25) is 4.79 Å². The summed E-state index contributed by atoms with van der Waals surface area (Å²) in [5.74, 6) is 0.439. The monoisotopic (exact) mass is 457 g/mol. The van der Waals surface area contributed by atoms with Crippen LogP contribution in [0.4, 0.5) is 5.69 Å². The minimum Gasteiger partial charge on any atom is -0.492 e. The number of pyridine rings is 1. The second kappa shape index (κ2) is 9.92. The molecule has 1 N–H and O–H groups in total. The van der Waals surface area contributed by atoms with E-state index in [9.17, 15) is 13.2 Å². The largest absolute Gasteiger partial charge is 0.492 e. The van der Waals surface area contributed by atoms with Crippen LogP contribution in [-0.4, -0.2) is 53.1 Å². The van der Waals surface area contributed by atoms with Gasteiger partial charge in [0.25, 0.3) is 5.91 Å². The van der Waals surface area contributed by atoms with Crippen LogP contribution in [0, 0.1) is 6.92 Å². The molecule has 2 aromatic heterocycles. The highest BCUT2D eigenvalue weighted by Crippen LogP contribution is 2.30. The molecule has 1 amide bonds.